The van der Waals surface area contributed by atoms with Crippen LogP contribution >= 0.6 is 11.3 Å². The maximum Gasteiger partial charge on any atom is 0.312 e. The van der Waals surface area contributed by atoms with Crippen molar-refractivity contribution in [3.63, 3.8) is 0 Å². The van der Waals surface area contributed by atoms with E-state index in [2.05, 4.69) is 34.6 Å². The van der Waals surface area contributed by atoms with Crippen LogP contribution in [-0.4, -0.2) is 30.4 Å². The van der Waals surface area contributed by atoms with E-state index in [1.165, 1.54) is 22.5 Å². The van der Waals surface area contributed by atoms with E-state index in [1.54, 1.807) is 41.7 Å². The Morgan fingerprint density at radius 1 is 1.22 bits per heavy atom. The lowest BCUT2D eigenvalue weighted by Crippen LogP contribution is -2.10. The molecule has 3 aromatic heterocycles. The van der Waals surface area contributed by atoms with E-state index in [0.29, 0.717) is 35.0 Å². The summed E-state index contributed by atoms with van der Waals surface area (Å²) in [6.45, 7) is 6.33. The number of anilines is 1. The second kappa shape index (κ2) is 8.75. The molecule has 0 atom stereocenters. The Morgan fingerprint density at radius 3 is 2.72 bits per heavy atom. The molecule has 1 amide bonds. The number of carbonyl (C=O) groups is 1. The van der Waals surface area contributed by atoms with Gasteiger partial charge in [-0.05, 0) is 48.9 Å². The minimum absolute atomic E-state index is 0.0286. The number of aromatic nitrogens is 4. The monoisotopic (exact) mass is 450 g/mol. The zero-order chi connectivity index (χ0) is 22.8. The zero-order valence-electron chi connectivity index (χ0n) is 17.9. The molecule has 0 spiro atoms. The molecule has 9 nitrogen and oxygen atoms in total. The topological polar surface area (TPSA) is 108 Å². The van der Waals surface area contributed by atoms with Gasteiger partial charge in [0, 0.05) is 6.20 Å². The second-order valence-corrected chi connectivity index (χ2v) is 8.47. The molecule has 1 N–H and O–H groups in total. The number of benzene rings is 1. The zero-order valence-corrected chi connectivity index (χ0v) is 18.7. The van der Waals surface area contributed by atoms with Gasteiger partial charge >= 0.3 is 5.69 Å². The van der Waals surface area contributed by atoms with Crippen molar-refractivity contribution < 1.29 is 9.72 Å². The molecule has 164 valence electrons. The molecule has 0 saturated carbocycles. The maximum absolute atomic E-state index is 12.7. The molecule has 4 rings (SSSR count). The Hall–Kier alpha value is -3.79. The average Bonchev–Trinajstić information content (AvgIpc) is 3.44. The quantitative estimate of drug-likeness (QED) is 0.333. The number of thiophene rings is 1. The molecule has 0 aliphatic rings. The second-order valence-electron chi connectivity index (χ2n) is 7.56. The first-order valence-electron chi connectivity index (χ1n) is 9.96. The molecule has 3 heterocycles. The van der Waals surface area contributed by atoms with Gasteiger partial charge in [-0.3, -0.25) is 24.3 Å². The Balaban J connectivity index is 1.42. The van der Waals surface area contributed by atoms with Gasteiger partial charge in [-0.1, -0.05) is 24.3 Å². The molecule has 0 bridgehead atoms. The molecule has 0 aliphatic carbocycles. The van der Waals surface area contributed by atoms with Gasteiger partial charge in [0.05, 0.1) is 34.8 Å². The summed E-state index contributed by atoms with van der Waals surface area (Å²) in [7, 11) is 0. The lowest BCUT2D eigenvalue weighted by atomic mass is 10.1. The summed E-state index contributed by atoms with van der Waals surface area (Å²) in [6.07, 6.45) is 3.42. The summed E-state index contributed by atoms with van der Waals surface area (Å²) < 4.78 is 3.38. The van der Waals surface area contributed by atoms with E-state index in [4.69, 9.17) is 0 Å². The van der Waals surface area contributed by atoms with Crippen molar-refractivity contribution in [2.45, 2.75) is 33.9 Å². The summed E-state index contributed by atoms with van der Waals surface area (Å²) >= 11 is 1.32. The molecule has 0 radical (unpaired) electrons. The predicted molar refractivity (Wildman–Crippen MR) is 122 cm³/mol. The number of nitrogens with one attached hydrogen (secondary N) is 1. The molecule has 1 aromatic carbocycles. The number of hydrogen-bond donors (Lipinski definition) is 1. The van der Waals surface area contributed by atoms with Crippen molar-refractivity contribution in [1.82, 2.24) is 19.6 Å². The van der Waals surface area contributed by atoms with E-state index in [-0.39, 0.29) is 11.6 Å². The van der Waals surface area contributed by atoms with Crippen LogP contribution in [0.15, 0.2) is 48.1 Å². The molecule has 32 heavy (non-hydrogen) atoms. The standard InChI is InChI=1S/C22H22N6O3S/c1-14-6-4-5-7-18(14)11-26-12-19(9-23-26)24-22(29)20-8-17(13-32-20)10-27-16(3)21(28(30)31)15(2)25-27/h4-9,12-13H,10-11H2,1-3H3,(H,24,29). The Morgan fingerprint density at radius 2 is 2.00 bits per heavy atom. The number of amides is 1. The van der Waals surface area contributed by atoms with Crippen LogP contribution in [0.4, 0.5) is 11.4 Å². The summed E-state index contributed by atoms with van der Waals surface area (Å²) in [4.78, 5) is 24.0. The van der Waals surface area contributed by atoms with Crippen molar-refractivity contribution in [3.05, 3.63) is 91.2 Å². The number of nitro groups is 1. The molecule has 0 fully saturated rings. The molecule has 0 unspecified atom stereocenters. The lowest BCUT2D eigenvalue weighted by molar-refractivity contribution is -0.386. The molecule has 0 aliphatic heterocycles. The van der Waals surface area contributed by atoms with Crippen LogP contribution in [-0.2, 0) is 13.1 Å². The summed E-state index contributed by atoms with van der Waals surface area (Å²) in [5.74, 6) is -0.226. The van der Waals surface area contributed by atoms with Crippen molar-refractivity contribution in [2.75, 3.05) is 5.32 Å². The van der Waals surface area contributed by atoms with Gasteiger partial charge in [-0.15, -0.1) is 11.3 Å². The summed E-state index contributed by atoms with van der Waals surface area (Å²) in [5, 5.41) is 24.5. The summed E-state index contributed by atoms with van der Waals surface area (Å²) in [6, 6.07) is 9.88. The minimum atomic E-state index is -0.417. The minimum Gasteiger partial charge on any atom is -0.319 e. The van der Waals surface area contributed by atoms with Crippen molar-refractivity contribution >= 4 is 28.6 Å². The van der Waals surface area contributed by atoms with Crippen LogP contribution in [0.5, 0.6) is 0 Å². The molecular weight excluding hydrogens is 428 g/mol. The lowest BCUT2D eigenvalue weighted by Gasteiger charge is -2.05. The smallest absolute Gasteiger partial charge is 0.312 e. The van der Waals surface area contributed by atoms with Gasteiger partial charge in [0.2, 0.25) is 0 Å². The fourth-order valence-electron chi connectivity index (χ4n) is 3.53. The number of carbonyl (C=O) groups excluding carboxylic acids is 1. The van der Waals surface area contributed by atoms with Crippen LogP contribution < -0.4 is 5.32 Å². The van der Waals surface area contributed by atoms with Crippen molar-refractivity contribution in [1.29, 1.82) is 0 Å². The highest BCUT2D eigenvalue weighted by molar-refractivity contribution is 7.12. The fourth-order valence-corrected chi connectivity index (χ4v) is 4.32. The molecule has 10 heteroatoms. The molecule has 0 saturated heterocycles. The van der Waals surface area contributed by atoms with Crippen molar-refractivity contribution in [3.8, 4) is 0 Å². The highest BCUT2D eigenvalue weighted by Crippen LogP contribution is 2.24. The first-order chi connectivity index (χ1) is 15.3. The number of nitrogens with zero attached hydrogens (tertiary/aromatic N) is 5. The third-order valence-electron chi connectivity index (χ3n) is 5.22. The number of aryl methyl sites for hydroxylation is 2. The average molecular weight is 451 g/mol. The van der Waals surface area contributed by atoms with Gasteiger partial charge in [-0.2, -0.15) is 10.2 Å². The van der Waals surface area contributed by atoms with E-state index in [0.717, 1.165) is 5.56 Å². The van der Waals surface area contributed by atoms with Crippen LogP contribution in [0.2, 0.25) is 0 Å². The van der Waals surface area contributed by atoms with Gasteiger partial charge in [-0.25, -0.2) is 0 Å². The van der Waals surface area contributed by atoms with Gasteiger partial charge < -0.3 is 5.32 Å². The van der Waals surface area contributed by atoms with Crippen LogP contribution in [0, 0.1) is 30.9 Å². The van der Waals surface area contributed by atoms with E-state index < -0.39 is 4.92 Å². The van der Waals surface area contributed by atoms with Gasteiger partial charge in [0.1, 0.15) is 11.4 Å². The third-order valence-corrected chi connectivity index (χ3v) is 6.20. The maximum atomic E-state index is 12.7. The molecular formula is C22H22N6O3S. The predicted octanol–water partition coefficient (Wildman–Crippen LogP) is 4.32. The van der Waals surface area contributed by atoms with Gasteiger partial charge in [0.25, 0.3) is 5.91 Å². The van der Waals surface area contributed by atoms with Crippen LogP contribution in [0.25, 0.3) is 0 Å². The Kier molecular flexibility index (Phi) is 5.87. The highest BCUT2D eigenvalue weighted by Gasteiger charge is 2.22. The number of hydrogen-bond acceptors (Lipinski definition) is 6. The van der Waals surface area contributed by atoms with E-state index in [9.17, 15) is 14.9 Å². The van der Waals surface area contributed by atoms with Gasteiger partial charge in [0.15, 0.2) is 0 Å². The van der Waals surface area contributed by atoms with Crippen LogP contribution in [0.3, 0.4) is 0 Å². The first-order valence-corrected chi connectivity index (χ1v) is 10.8. The fraction of sp³-hybridized carbons (Fsp3) is 0.227. The SMILES string of the molecule is Cc1ccccc1Cn1cc(NC(=O)c2cc(Cn3nc(C)c([N+](=O)[O-])c3C)cs2)cn1. The Bertz CT molecular complexity index is 1300. The third kappa shape index (κ3) is 4.45. The Labute approximate surface area is 188 Å². The highest BCUT2D eigenvalue weighted by atomic mass is 32.1. The largest absolute Gasteiger partial charge is 0.319 e. The molecule has 4 aromatic rings. The normalized spacial score (nSPS) is 11.0. The summed E-state index contributed by atoms with van der Waals surface area (Å²) in [5.41, 5.74) is 4.73. The van der Waals surface area contributed by atoms with Crippen molar-refractivity contribution in [2.24, 2.45) is 0 Å². The van der Waals surface area contributed by atoms with E-state index in [1.807, 2.05) is 17.5 Å². The van der Waals surface area contributed by atoms with E-state index >= 15 is 0 Å². The number of rotatable bonds is 7. The van der Waals surface area contributed by atoms with Crippen LogP contribution in [0.1, 0.15) is 37.7 Å². The first kappa shape index (κ1) is 21.4.